The molecule has 0 spiro atoms. The van der Waals surface area contributed by atoms with Crippen molar-refractivity contribution < 1.29 is 23.7 Å². The van der Waals surface area contributed by atoms with Crippen LogP contribution in [0.25, 0.3) is 0 Å². The third-order valence-corrected chi connectivity index (χ3v) is 4.12. The standard InChI is InChI=1S/C20H25NO5/c1-23-16-7-5-8-17(24-2)14(16)11-12-20(22)21-13-15-18(25-3)9-6-10-19(15)26-4/h5-10H,11-13H2,1-4H3,(H,21,22). The molecule has 6 heteroatoms. The van der Waals surface area contributed by atoms with Gasteiger partial charge < -0.3 is 24.3 Å². The summed E-state index contributed by atoms with van der Waals surface area (Å²) in [5.74, 6) is 2.70. The molecule has 1 amide bonds. The zero-order valence-corrected chi connectivity index (χ0v) is 15.6. The normalized spacial score (nSPS) is 10.2. The van der Waals surface area contributed by atoms with Crippen molar-refractivity contribution in [1.82, 2.24) is 5.32 Å². The molecule has 0 fully saturated rings. The molecule has 0 aromatic heterocycles. The summed E-state index contributed by atoms with van der Waals surface area (Å²) in [7, 11) is 6.39. The fourth-order valence-corrected chi connectivity index (χ4v) is 2.79. The van der Waals surface area contributed by atoms with Crippen LogP contribution in [0.1, 0.15) is 17.5 Å². The third-order valence-electron chi connectivity index (χ3n) is 4.12. The van der Waals surface area contributed by atoms with Gasteiger partial charge in [0.05, 0.1) is 40.5 Å². The zero-order valence-electron chi connectivity index (χ0n) is 15.6. The number of benzene rings is 2. The molecule has 0 aliphatic heterocycles. The summed E-state index contributed by atoms with van der Waals surface area (Å²) in [4.78, 5) is 12.3. The Morgan fingerprint density at radius 2 is 1.19 bits per heavy atom. The largest absolute Gasteiger partial charge is 0.496 e. The first-order valence-corrected chi connectivity index (χ1v) is 8.31. The highest BCUT2D eigenvalue weighted by Gasteiger charge is 2.14. The minimum absolute atomic E-state index is 0.0779. The van der Waals surface area contributed by atoms with Gasteiger partial charge in [0.1, 0.15) is 23.0 Å². The van der Waals surface area contributed by atoms with Crippen LogP contribution >= 0.6 is 0 Å². The number of methoxy groups -OCH3 is 4. The maximum absolute atomic E-state index is 12.3. The summed E-state index contributed by atoms with van der Waals surface area (Å²) in [6.07, 6.45) is 0.830. The van der Waals surface area contributed by atoms with Gasteiger partial charge in [-0.2, -0.15) is 0 Å². The summed E-state index contributed by atoms with van der Waals surface area (Å²) in [5.41, 5.74) is 1.68. The van der Waals surface area contributed by atoms with Gasteiger partial charge in [-0.15, -0.1) is 0 Å². The molecule has 2 rings (SSSR count). The zero-order chi connectivity index (χ0) is 18.9. The molecule has 1 N–H and O–H groups in total. The highest BCUT2D eigenvalue weighted by molar-refractivity contribution is 5.76. The molecule has 0 atom stereocenters. The van der Waals surface area contributed by atoms with Crippen LogP contribution in [0, 0.1) is 0 Å². The average molecular weight is 359 g/mol. The number of carbonyl (C=O) groups is 1. The van der Waals surface area contributed by atoms with Gasteiger partial charge in [0, 0.05) is 12.0 Å². The van der Waals surface area contributed by atoms with E-state index in [1.165, 1.54) is 0 Å². The maximum Gasteiger partial charge on any atom is 0.220 e. The number of nitrogens with one attached hydrogen (secondary N) is 1. The Labute approximate surface area is 154 Å². The van der Waals surface area contributed by atoms with Gasteiger partial charge in [0.2, 0.25) is 5.91 Å². The van der Waals surface area contributed by atoms with Crippen molar-refractivity contribution in [3.63, 3.8) is 0 Å². The van der Waals surface area contributed by atoms with Crippen molar-refractivity contribution in [2.45, 2.75) is 19.4 Å². The monoisotopic (exact) mass is 359 g/mol. The van der Waals surface area contributed by atoms with Crippen LogP contribution in [0.4, 0.5) is 0 Å². The van der Waals surface area contributed by atoms with Crippen molar-refractivity contribution in [1.29, 1.82) is 0 Å². The molecule has 6 nitrogen and oxygen atoms in total. The lowest BCUT2D eigenvalue weighted by Gasteiger charge is -2.15. The SMILES string of the molecule is COc1cccc(OC)c1CCC(=O)NCc1c(OC)cccc1OC. The lowest BCUT2D eigenvalue weighted by atomic mass is 10.1. The highest BCUT2D eigenvalue weighted by atomic mass is 16.5. The molecule has 0 radical (unpaired) electrons. The summed E-state index contributed by atoms with van der Waals surface area (Å²) < 4.78 is 21.4. The number of carbonyl (C=O) groups excluding carboxylic acids is 1. The van der Waals surface area contributed by atoms with Crippen LogP contribution in [0.3, 0.4) is 0 Å². The van der Waals surface area contributed by atoms with Crippen LogP contribution in [0.15, 0.2) is 36.4 Å². The quantitative estimate of drug-likeness (QED) is 0.746. The van der Waals surface area contributed by atoms with E-state index in [9.17, 15) is 4.79 Å². The second kappa shape index (κ2) is 9.56. The molecule has 0 heterocycles. The van der Waals surface area contributed by atoms with E-state index in [1.807, 2.05) is 36.4 Å². The van der Waals surface area contributed by atoms with Crippen molar-refractivity contribution in [2.75, 3.05) is 28.4 Å². The number of hydrogen-bond donors (Lipinski definition) is 1. The van der Waals surface area contributed by atoms with Crippen LogP contribution < -0.4 is 24.3 Å². The van der Waals surface area contributed by atoms with E-state index in [4.69, 9.17) is 18.9 Å². The molecule has 2 aromatic rings. The molecule has 140 valence electrons. The van der Waals surface area contributed by atoms with E-state index in [0.29, 0.717) is 42.4 Å². The van der Waals surface area contributed by atoms with Gasteiger partial charge in [0.15, 0.2) is 0 Å². The van der Waals surface area contributed by atoms with Crippen molar-refractivity contribution in [2.24, 2.45) is 0 Å². The molecule has 0 saturated heterocycles. The van der Waals surface area contributed by atoms with Gasteiger partial charge in [-0.05, 0) is 30.7 Å². The molecule has 0 saturated carbocycles. The topological polar surface area (TPSA) is 66.0 Å². The minimum Gasteiger partial charge on any atom is -0.496 e. The lowest BCUT2D eigenvalue weighted by Crippen LogP contribution is -2.23. The molecule has 0 bridgehead atoms. The first-order chi connectivity index (χ1) is 12.6. The summed E-state index contributed by atoms with van der Waals surface area (Å²) in [6.45, 7) is 0.328. The van der Waals surface area contributed by atoms with Crippen molar-refractivity contribution in [3.8, 4) is 23.0 Å². The highest BCUT2D eigenvalue weighted by Crippen LogP contribution is 2.30. The molecule has 0 unspecified atom stereocenters. The van der Waals surface area contributed by atoms with Gasteiger partial charge >= 0.3 is 0 Å². The Morgan fingerprint density at radius 3 is 1.62 bits per heavy atom. The second-order valence-electron chi connectivity index (χ2n) is 5.56. The predicted molar refractivity (Wildman–Crippen MR) is 99.3 cm³/mol. The Kier molecular flexibility index (Phi) is 7.14. The fraction of sp³-hybridized carbons (Fsp3) is 0.350. The second-order valence-corrected chi connectivity index (χ2v) is 5.56. The van der Waals surface area contributed by atoms with Crippen LogP contribution in [0.2, 0.25) is 0 Å². The Morgan fingerprint density at radius 1 is 0.769 bits per heavy atom. The molecular formula is C20H25NO5. The summed E-state index contributed by atoms with van der Waals surface area (Å²) >= 11 is 0. The van der Waals surface area contributed by atoms with E-state index < -0.39 is 0 Å². The van der Waals surface area contributed by atoms with E-state index in [1.54, 1.807) is 28.4 Å². The summed E-state index contributed by atoms with van der Waals surface area (Å²) in [6, 6.07) is 11.1. The van der Waals surface area contributed by atoms with E-state index in [2.05, 4.69) is 5.32 Å². The van der Waals surface area contributed by atoms with E-state index >= 15 is 0 Å². The Bertz CT molecular complexity index is 639. The molecule has 26 heavy (non-hydrogen) atoms. The first-order valence-electron chi connectivity index (χ1n) is 8.31. The van der Waals surface area contributed by atoms with E-state index in [-0.39, 0.29) is 5.91 Å². The third kappa shape index (κ3) is 4.59. The van der Waals surface area contributed by atoms with Gasteiger partial charge in [-0.1, -0.05) is 12.1 Å². The van der Waals surface area contributed by atoms with Gasteiger partial charge in [-0.3, -0.25) is 4.79 Å². The fourth-order valence-electron chi connectivity index (χ4n) is 2.79. The first kappa shape index (κ1) is 19.4. The molecule has 2 aromatic carbocycles. The van der Waals surface area contributed by atoms with E-state index in [0.717, 1.165) is 11.1 Å². The molecular weight excluding hydrogens is 334 g/mol. The summed E-state index contributed by atoms with van der Waals surface area (Å²) in [5, 5.41) is 2.91. The van der Waals surface area contributed by atoms with Crippen LogP contribution in [0.5, 0.6) is 23.0 Å². The lowest BCUT2D eigenvalue weighted by molar-refractivity contribution is -0.121. The Hall–Kier alpha value is -2.89. The van der Waals surface area contributed by atoms with Gasteiger partial charge in [0.25, 0.3) is 0 Å². The van der Waals surface area contributed by atoms with Crippen LogP contribution in [-0.2, 0) is 17.8 Å². The number of ether oxygens (including phenoxy) is 4. The van der Waals surface area contributed by atoms with Gasteiger partial charge in [-0.25, -0.2) is 0 Å². The number of hydrogen-bond acceptors (Lipinski definition) is 5. The minimum atomic E-state index is -0.0779. The molecule has 0 aliphatic rings. The van der Waals surface area contributed by atoms with Crippen LogP contribution in [-0.4, -0.2) is 34.3 Å². The smallest absolute Gasteiger partial charge is 0.220 e. The average Bonchev–Trinajstić information content (AvgIpc) is 2.69. The molecule has 0 aliphatic carbocycles. The van der Waals surface area contributed by atoms with Crippen molar-refractivity contribution >= 4 is 5.91 Å². The Balaban J connectivity index is 2.01. The maximum atomic E-state index is 12.3. The number of rotatable bonds is 9. The van der Waals surface area contributed by atoms with Crippen molar-refractivity contribution in [3.05, 3.63) is 47.5 Å². The predicted octanol–water partition coefficient (Wildman–Crippen LogP) is 2.97. The number of amides is 1.